The highest BCUT2D eigenvalue weighted by atomic mass is 16.5. The molecule has 11 nitrogen and oxygen atoms in total. The molecule has 12 atom stereocenters. The number of hydrogen-bond donors (Lipinski definition) is 4. The first-order chi connectivity index (χ1) is 23.1. The molecule has 1 aromatic heterocycles. The summed E-state index contributed by atoms with van der Waals surface area (Å²) in [4.78, 5) is 27.4. The van der Waals surface area contributed by atoms with E-state index in [9.17, 15) is 14.7 Å². The number of carboxylic acids is 1. The Hall–Kier alpha value is -2.50. The van der Waals surface area contributed by atoms with Crippen LogP contribution in [-0.2, 0) is 14.3 Å². The highest BCUT2D eigenvalue weighted by molar-refractivity contribution is 5.94. The lowest BCUT2D eigenvalue weighted by Crippen LogP contribution is -2.69. The summed E-state index contributed by atoms with van der Waals surface area (Å²) in [6, 6.07) is -0.354. The van der Waals surface area contributed by atoms with E-state index < -0.39 is 34.2 Å². The van der Waals surface area contributed by atoms with Crippen LogP contribution >= 0.6 is 0 Å². The zero-order valence-electron chi connectivity index (χ0n) is 32.2. The van der Waals surface area contributed by atoms with Crippen LogP contribution in [0.2, 0.25) is 0 Å². The number of anilines is 1. The van der Waals surface area contributed by atoms with E-state index in [0.717, 1.165) is 25.7 Å². The molecule has 280 valence electrons. The molecule has 5 aliphatic rings. The molecule has 7 N–H and O–H groups in total. The minimum absolute atomic E-state index is 0.00977. The number of carboxylic acid groups (broad SMARTS) is 1. The average molecular weight is 697 g/mol. The van der Waals surface area contributed by atoms with Gasteiger partial charge in [-0.15, -0.1) is 10.2 Å². The molecule has 2 bridgehead atoms. The smallest absolute Gasteiger partial charge is 0.307 e. The number of primary amides is 1. The van der Waals surface area contributed by atoms with Crippen LogP contribution in [0.5, 0.6) is 0 Å². The summed E-state index contributed by atoms with van der Waals surface area (Å²) < 4.78 is 13.6. The van der Waals surface area contributed by atoms with Gasteiger partial charge in [0, 0.05) is 16.4 Å². The number of aromatic nitrogens is 3. The second kappa shape index (κ2) is 12.0. The summed E-state index contributed by atoms with van der Waals surface area (Å²) in [5, 5.41) is 20.2. The Morgan fingerprint density at radius 2 is 1.76 bits per heavy atom. The summed E-state index contributed by atoms with van der Waals surface area (Å²) in [6.45, 7) is 23.6. The van der Waals surface area contributed by atoms with E-state index in [2.05, 4.69) is 78.6 Å². The molecule has 0 radical (unpaired) electrons. The SMILES string of the molecule is CC(C)[C@@H](C)[C@@]1(C)CC[C@]2(C)[C@H]3CC[C@@H]4[C@@]5(COC[C@@]4(C)[C@@H](OC[C@](C)(N)C(C)C)[C@H](n4nc(N)c(C(N)=O)n4)C5)C3=CC[C@@]2(C)[C@@H]1C(=O)O. The first-order valence-corrected chi connectivity index (χ1v) is 19.0. The predicted molar refractivity (Wildman–Crippen MR) is 193 cm³/mol. The number of nitrogens with two attached hydrogens (primary N) is 3. The maximum atomic E-state index is 13.5. The van der Waals surface area contributed by atoms with Crippen LogP contribution in [0.4, 0.5) is 5.82 Å². The van der Waals surface area contributed by atoms with Crippen molar-refractivity contribution in [2.45, 2.75) is 125 Å². The number of carbonyl (C=O) groups excluding carboxylic acids is 1. The number of hydrogen-bond acceptors (Lipinski definition) is 8. The normalized spacial score (nSPS) is 42.9. The molecule has 3 saturated carbocycles. The first-order valence-electron chi connectivity index (χ1n) is 19.0. The van der Waals surface area contributed by atoms with Gasteiger partial charge >= 0.3 is 5.97 Å². The summed E-state index contributed by atoms with van der Waals surface area (Å²) >= 11 is 0. The lowest BCUT2D eigenvalue weighted by molar-refractivity contribution is -0.253. The van der Waals surface area contributed by atoms with Crippen molar-refractivity contribution in [3.05, 3.63) is 17.3 Å². The molecule has 1 aliphatic heterocycles. The van der Waals surface area contributed by atoms with Crippen molar-refractivity contribution in [3.8, 4) is 0 Å². The van der Waals surface area contributed by atoms with Crippen LogP contribution in [0.3, 0.4) is 0 Å². The monoisotopic (exact) mass is 696 g/mol. The third-order valence-electron chi connectivity index (χ3n) is 16.2. The Bertz CT molecular complexity index is 1550. The molecule has 1 amide bonds. The van der Waals surface area contributed by atoms with Gasteiger partial charge < -0.3 is 31.8 Å². The molecular weight excluding hydrogens is 632 g/mol. The third kappa shape index (κ3) is 5.06. The molecule has 6 rings (SSSR count). The second-order valence-corrected chi connectivity index (χ2v) is 19.1. The number of nitrogens with zero attached hydrogens (tertiary/aromatic N) is 3. The fraction of sp³-hybridized carbons (Fsp3) is 0.846. The van der Waals surface area contributed by atoms with Gasteiger partial charge in [-0.05, 0) is 91.3 Å². The Morgan fingerprint density at radius 3 is 2.34 bits per heavy atom. The molecule has 1 aromatic rings. The van der Waals surface area contributed by atoms with Crippen LogP contribution in [0.1, 0.15) is 124 Å². The highest BCUT2D eigenvalue weighted by Crippen LogP contribution is 2.75. The quantitative estimate of drug-likeness (QED) is 0.230. The first kappa shape index (κ1) is 37.3. The van der Waals surface area contributed by atoms with Gasteiger partial charge in [0.1, 0.15) is 0 Å². The largest absolute Gasteiger partial charge is 0.481 e. The molecule has 4 aliphatic carbocycles. The van der Waals surface area contributed by atoms with E-state index in [0.29, 0.717) is 38.6 Å². The molecule has 11 heteroatoms. The number of aliphatic carboxylic acids is 1. The summed E-state index contributed by atoms with van der Waals surface area (Å²) in [5.41, 5.74) is 17.8. The topological polar surface area (TPSA) is 182 Å². The summed E-state index contributed by atoms with van der Waals surface area (Å²) in [5.74, 6) is -0.497. The molecular formula is C39H64N6O5. The molecule has 0 unspecified atom stereocenters. The molecule has 0 aromatic carbocycles. The Kier molecular flexibility index (Phi) is 8.96. The van der Waals surface area contributed by atoms with Gasteiger partial charge in [-0.3, -0.25) is 9.59 Å². The van der Waals surface area contributed by atoms with Crippen LogP contribution in [-0.4, -0.2) is 63.4 Å². The van der Waals surface area contributed by atoms with E-state index in [1.807, 2.05) is 6.92 Å². The van der Waals surface area contributed by atoms with E-state index in [1.54, 1.807) is 4.80 Å². The van der Waals surface area contributed by atoms with Crippen molar-refractivity contribution in [3.63, 3.8) is 0 Å². The van der Waals surface area contributed by atoms with Crippen molar-refractivity contribution in [2.75, 3.05) is 25.6 Å². The van der Waals surface area contributed by atoms with E-state index in [1.165, 1.54) is 5.57 Å². The van der Waals surface area contributed by atoms with Gasteiger partial charge in [-0.1, -0.05) is 74.0 Å². The lowest BCUT2D eigenvalue weighted by atomic mass is 9.34. The Balaban J connectivity index is 1.47. The number of ether oxygens (including phenoxy) is 2. The third-order valence-corrected chi connectivity index (χ3v) is 16.2. The molecule has 1 saturated heterocycles. The second-order valence-electron chi connectivity index (χ2n) is 19.1. The Labute approximate surface area is 298 Å². The van der Waals surface area contributed by atoms with E-state index in [4.69, 9.17) is 26.7 Å². The molecule has 2 heterocycles. The standard InChI is InChI=1S/C39H64N6O5/c1-21(2)23(5)34(6)15-16-36(8)24-11-12-27-35(7)18-49-20-39(27,25(24)13-14-37(36,9)29(34)33(47)48)17-26(30(35)50-19-38(10,42)22(3)4)45-43-28(32(41)46)31(40)44-45/h13,21-24,26-27,29-30H,11-12,14-20,42H2,1-10H3,(H2,40,44)(H2,41,46)(H,47,48)/t23-,24+,26-,27+,29-,30+,34-,35-,36-,37+,38+,39+/m1/s1. The average Bonchev–Trinajstić information content (AvgIpc) is 3.41. The zero-order chi connectivity index (χ0) is 37.0. The van der Waals surface area contributed by atoms with E-state index in [-0.39, 0.29) is 63.6 Å². The number of allylic oxidation sites excluding steroid dienone is 1. The van der Waals surface area contributed by atoms with Crippen molar-refractivity contribution >= 4 is 17.7 Å². The minimum atomic E-state index is -0.717. The number of amides is 1. The van der Waals surface area contributed by atoms with Crippen molar-refractivity contribution in [1.82, 2.24) is 15.0 Å². The van der Waals surface area contributed by atoms with E-state index >= 15 is 0 Å². The van der Waals surface area contributed by atoms with Gasteiger partial charge in [0.05, 0.1) is 37.9 Å². The fourth-order valence-corrected chi connectivity index (χ4v) is 12.2. The fourth-order valence-electron chi connectivity index (χ4n) is 12.2. The summed E-state index contributed by atoms with van der Waals surface area (Å²) in [6.07, 6.45) is 7.29. The summed E-state index contributed by atoms with van der Waals surface area (Å²) in [7, 11) is 0. The van der Waals surface area contributed by atoms with Gasteiger partial charge in [0.25, 0.3) is 5.91 Å². The van der Waals surface area contributed by atoms with Gasteiger partial charge in [-0.25, -0.2) is 0 Å². The van der Waals surface area contributed by atoms with Gasteiger partial charge in [0.15, 0.2) is 11.5 Å². The number of rotatable bonds is 9. The van der Waals surface area contributed by atoms with Crippen molar-refractivity contribution < 1.29 is 24.2 Å². The van der Waals surface area contributed by atoms with Gasteiger partial charge in [0.2, 0.25) is 0 Å². The zero-order valence-corrected chi connectivity index (χ0v) is 32.2. The lowest BCUT2D eigenvalue weighted by Gasteiger charge is -2.71. The van der Waals surface area contributed by atoms with Crippen molar-refractivity contribution in [1.29, 1.82) is 0 Å². The molecule has 0 spiro atoms. The number of fused-ring (bicyclic) bond motifs is 3. The van der Waals surface area contributed by atoms with Crippen LogP contribution in [0, 0.1) is 62.6 Å². The molecule has 50 heavy (non-hydrogen) atoms. The highest BCUT2D eigenvalue weighted by Gasteiger charge is 2.72. The van der Waals surface area contributed by atoms with Crippen LogP contribution < -0.4 is 17.2 Å². The minimum Gasteiger partial charge on any atom is -0.481 e. The Morgan fingerprint density at radius 1 is 1.08 bits per heavy atom. The van der Waals surface area contributed by atoms with Crippen molar-refractivity contribution in [2.24, 2.45) is 74.0 Å². The predicted octanol–water partition coefficient (Wildman–Crippen LogP) is 5.85. The van der Waals surface area contributed by atoms with Gasteiger partial charge in [-0.2, -0.15) is 4.80 Å². The molecule has 4 fully saturated rings. The maximum absolute atomic E-state index is 13.5. The van der Waals surface area contributed by atoms with Crippen LogP contribution in [0.25, 0.3) is 0 Å². The maximum Gasteiger partial charge on any atom is 0.307 e. The van der Waals surface area contributed by atoms with Crippen LogP contribution in [0.15, 0.2) is 11.6 Å². The number of nitrogen functional groups attached to an aromatic ring is 1. The number of carbonyl (C=O) groups is 2.